The van der Waals surface area contributed by atoms with Crippen LogP contribution < -0.4 is 9.80 Å². The second kappa shape index (κ2) is 3.06. The van der Waals surface area contributed by atoms with Gasteiger partial charge in [-0.1, -0.05) is 6.58 Å². The first-order chi connectivity index (χ1) is 6.33. The van der Waals surface area contributed by atoms with Crippen molar-refractivity contribution in [3.63, 3.8) is 0 Å². The smallest absolute Gasteiger partial charge is 0.200 e. The standard InChI is InChI=1S/C9H10N2O2/c1-7-6-13-8-4-3-5-10-9(8)11(7)12-2/h3-5H,1,6H2,2H3. The molecule has 0 spiro atoms. The van der Waals surface area contributed by atoms with E-state index in [4.69, 9.17) is 9.57 Å². The van der Waals surface area contributed by atoms with Crippen LogP contribution in [0.15, 0.2) is 30.6 Å². The summed E-state index contributed by atoms with van der Waals surface area (Å²) in [4.78, 5) is 9.26. The molecule has 0 saturated carbocycles. The lowest BCUT2D eigenvalue weighted by Crippen LogP contribution is -2.29. The zero-order valence-electron chi connectivity index (χ0n) is 7.36. The van der Waals surface area contributed by atoms with E-state index in [1.165, 1.54) is 0 Å². The van der Waals surface area contributed by atoms with E-state index in [0.29, 0.717) is 12.4 Å². The maximum absolute atomic E-state index is 5.38. The minimum Gasteiger partial charge on any atom is -0.483 e. The minimum absolute atomic E-state index is 0.437. The molecule has 0 saturated heterocycles. The number of fused-ring (bicyclic) bond motifs is 1. The Balaban J connectivity index is 2.45. The van der Waals surface area contributed by atoms with Crippen LogP contribution in [0.25, 0.3) is 0 Å². The minimum atomic E-state index is 0.437. The maximum Gasteiger partial charge on any atom is 0.200 e. The van der Waals surface area contributed by atoms with Crippen molar-refractivity contribution in [3.05, 3.63) is 30.6 Å². The molecule has 4 nitrogen and oxygen atoms in total. The zero-order chi connectivity index (χ0) is 9.26. The van der Waals surface area contributed by atoms with Crippen LogP contribution >= 0.6 is 0 Å². The number of aromatic nitrogens is 1. The number of hydroxylamine groups is 1. The largest absolute Gasteiger partial charge is 0.483 e. The molecule has 0 aliphatic carbocycles. The molecule has 1 aliphatic rings. The molecule has 0 atom stereocenters. The summed E-state index contributed by atoms with van der Waals surface area (Å²) >= 11 is 0. The molecule has 0 aromatic carbocycles. The molecule has 0 bridgehead atoms. The van der Waals surface area contributed by atoms with Crippen molar-refractivity contribution in [2.24, 2.45) is 0 Å². The zero-order valence-corrected chi connectivity index (χ0v) is 7.36. The molecule has 13 heavy (non-hydrogen) atoms. The summed E-state index contributed by atoms with van der Waals surface area (Å²) in [7, 11) is 1.58. The number of hydrogen-bond donors (Lipinski definition) is 0. The van der Waals surface area contributed by atoms with Gasteiger partial charge in [-0.15, -0.1) is 0 Å². The van der Waals surface area contributed by atoms with E-state index in [2.05, 4.69) is 11.6 Å². The van der Waals surface area contributed by atoms with Crippen LogP contribution in [0.4, 0.5) is 5.82 Å². The van der Waals surface area contributed by atoms with E-state index in [1.54, 1.807) is 18.4 Å². The van der Waals surface area contributed by atoms with Gasteiger partial charge >= 0.3 is 0 Å². The Kier molecular flexibility index (Phi) is 1.90. The lowest BCUT2D eigenvalue weighted by Gasteiger charge is -2.28. The molecular weight excluding hydrogens is 168 g/mol. The third kappa shape index (κ3) is 1.25. The van der Waals surface area contributed by atoms with Crippen LogP contribution in [-0.2, 0) is 4.84 Å². The van der Waals surface area contributed by atoms with Crippen molar-refractivity contribution >= 4 is 5.82 Å². The number of nitrogens with zero attached hydrogens (tertiary/aromatic N) is 2. The first-order valence-corrected chi connectivity index (χ1v) is 3.93. The van der Waals surface area contributed by atoms with Crippen LogP contribution in [0.2, 0.25) is 0 Å². The molecule has 2 heterocycles. The van der Waals surface area contributed by atoms with E-state index in [1.807, 2.05) is 12.1 Å². The highest BCUT2D eigenvalue weighted by Gasteiger charge is 2.21. The molecule has 4 heteroatoms. The van der Waals surface area contributed by atoms with Crippen molar-refractivity contribution in [2.45, 2.75) is 0 Å². The summed E-state index contributed by atoms with van der Waals surface area (Å²) in [6.07, 6.45) is 1.69. The van der Waals surface area contributed by atoms with Gasteiger partial charge in [0.05, 0.1) is 12.8 Å². The van der Waals surface area contributed by atoms with E-state index in [9.17, 15) is 0 Å². The van der Waals surface area contributed by atoms with Crippen LogP contribution in [-0.4, -0.2) is 18.7 Å². The fourth-order valence-corrected chi connectivity index (χ4v) is 1.23. The molecule has 68 valence electrons. The third-order valence-electron chi connectivity index (χ3n) is 1.81. The Labute approximate surface area is 76.4 Å². The number of hydrogen-bond acceptors (Lipinski definition) is 4. The molecule has 0 N–H and O–H groups in total. The summed E-state index contributed by atoms with van der Waals surface area (Å²) in [5.41, 5.74) is 0.744. The molecule has 0 fully saturated rings. The highest BCUT2D eigenvalue weighted by molar-refractivity contribution is 5.56. The van der Waals surface area contributed by atoms with Crippen molar-refractivity contribution in [2.75, 3.05) is 18.8 Å². The van der Waals surface area contributed by atoms with Gasteiger partial charge in [0.25, 0.3) is 0 Å². The van der Waals surface area contributed by atoms with Crippen molar-refractivity contribution in [3.8, 4) is 5.75 Å². The second-order valence-corrected chi connectivity index (χ2v) is 2.66. The maximum atomic E-state index is 5.38. The molecule has 0 amide bonds. The summed E-state index contributed by atoms with van der Waals surface area (Å²) in [5.74, 6) is 1.37. The normalized spacial score (nSPS) is 15.2. The van der Waals surface area contributed by atoms with Gasteiger partial charge in [0, 0.05) is 6.20 Å². The Morgan fingerprint density at radius 3 is 3.31 bits per heavy atom. The SMILES string of the molecule is C=C1COc2cccnc2N1OC. The number of anilines is 1. The summed E-state index contributed by atoms with van der Waals surface area (Å²) < 4.78 is 5.38. The number of rotatable bonds is 1. The molecule has 1 aromatic heterocycles. The quantitative estimate of drug-likeness (QED) is 0.650. The van der Waals surface area contributed by atoms with Gasteiger partial charge in [0.15, 0.2) is 11.6 Å². The average molecular weight is 178 g/mol. The van der Waals surface area contributed by atoms with Gasteiger partial charge in [-0.05, 0) is 12.1 Å². The van der Waals surface area contributed by atoms with Gasteiger partial charge in [-0.25, -0.2) is 10.0 Å². The van der Waals surface area contributed by atoms with Gasteiger partial charge in [-0.3, -0.25) is 4.84 Å². The Bertz CT molecular complexity index is 338. The predicted molar refractivity (Wildman–Crippen MR) is 48.4 cm³/mol. The van der Waals surface area contributed by atoms with Gasteiger partial charge in [0.1, 0.15) is 6.61 Å². The van der Waals surface area contributed by atoms with Crippen LogP contribution in [0.1, 0.15) is 0 Å². The van der Waals surface area contributed by atoms with E-state index in [0.717, 1.165) is 11.4 Å². The molecule has 1 aromatic rings. The fourth-order valence-electron chi connectivity index (χ4n) is 1.23. The van der Waals surface area contributed by atoms with Crippen molar-refractivity contribution in [1.29, 1.82) is 0 Å². The van der Waals surface area contributed by atoms with Gasteiger partial charge < -0.3 is 4.74 Å². The number of ether oxygens (including phenoxy) is 1. The molecular formula is C9H10N2O2. The van der Waals surface area contributed by atoms with Gasteiger partial charge in [0.2, 0.25) is 0 Å². The molecule has 0 radical (unpaired) electrons. The Morgan fingerprint density at radius 2 is 2.54 bits per heavy atom. The number of pyridine rings is 1. The van der Waals surface area contributed by atoms with Crippen molar-refractivity contribution < 1.29 is 9.57 Å². The first kappa shape index (κ1) is 8.07. The van der Waals surface area contributed by atoms with Crippen LogP contribution in [0.3, 0.4) is 0 Å². The fraction of sp³-hybridized carbons (Fsp3) is 0.222. The molecule has 1 aliphatic heterocycles. The van der Waals surface area contributed by atoms with Gasteiger partial charge in [-0.2, -0.15) is 0 Å². The second-order valence-electron chi connectivity index (χ2n) is 2.66. The Morgan fingerprint density at radius 1 is 1.69 bits per heavy atom. The average Bonchev–Trinajstić information content (AvgIpc) is 2.18. The Hall–Kier alpha value is -1.55. The lowest BCUT2D eigenvalue weighted by atomic mass is 10.3. The molecule has 0 unspecified atom stereocenters. The van der Waals surface area contributed by atoms with E-state index >= 15 is 0 Å². The van der Waals surface area contributed by atoms with E-state index in [-0.39, 0.29) is 0 Å². The van der Waals surface area contributed by atoms with Crippen molar-refractivity contribution in [1.82, 2.24) is 4.98 Å². The topological polar surface area (TPSA) is 34.6 Å². The van der Waals surface area contributed by atoms with Crippen LogP contribution in [0, 0.1) is 0 Å². The first-order valence-electron chi connectivity index (χ1n) is 3.93. The third-order valence-corrected chi connectivity index (χ3v) is 1.81. The van der Waals surface area contributed by atoms with E-state index < -0.39 is 0 Å². The molecule has 2 rings (SSSR count). The summed E-state index contributed by atoms with van der Waals surface area (Å²) in [6.45, 7) is 4.24. The predicted octanol–water partition coefficient (Wildman–Crippen LogP) is 1.36. The summed E-state index contributed by atoms with van der Waals surface area (Å²) in [5, 5.41) is 1.57. The van der Waals surface area contributed by atoms with Crippen LogP contribution in [0.5, 0.6) is 5.75 Å². The monoisotopic (exact) mass is 178 g/mol. The lowest BCUT2D eigenvalue weighted by molar-refractivity contribution is 0.160. The highest BCUT2D eigenvalue weighted by atomic mass is 16.7. The summed E-state index contributed by atoms with van der Waals surface area (Å²) in [6, 6.07) is 3.67. The highest BCUT2D eigenvalue weighted by Crippen LogP contribution is 2.31.